The van der Waals surface area contributed by atoms with Crippen LogP contribution in [0.1, 0.15) is 32.7 Å². The molecule has 1 amide bonds. The zero-order chi connectivity index (χ0) is 16.7. The summed E-state index contributed by atoms with van der Waals surface area (Å²) in [4.78, 5) is 23.4. The molecule has 23 heavy (non-hydrogen) atoms. The van der Waals surface area contributed by atoms with Crippen LogP contribution < -0.4 is 10.6 Å². The van der Waals surface area contributed by atoms with E-state index >= 15 is 0 Å². The number of aromatic carboxylic acids is 1. The lowest BCUT2D eigenvalue weighted by molar-refractivity contribution is 0.0692. The second-order valence-corrected chi connectivity index (χ2v) is 5.21. The monoisotopic (exact) mass is 312 g/mol. The Balaban J connectivity index is 2.05. The maximum atomic E-state index is 12.3. The minimum Gasteiger partial charge on any atom is -0.478 e. The third-order valence-corrected chi connectivity index (χ3v) is 3.51. The number of rotatable bonds is 7. The molecule has 3 N–H and O–H groups in total. The molecular formula is C18H20N2O3. The lowest BCUT2D eigenvalue weighted by atomic mass is 10.1. The summed E-state index contributed by atoms with van der Waals surface area (Å²) in [6, 6.07) is 13.8. The van der Waals surface area contributed by atoms with Crippen LogP contribution in [0, 0.1) is 0 Å². The normalized spacial score (nSPS) is 10.3. The topological polar surface area (TPSA) is 78.4 Å². The van der Waals surface area contributed by atoms with Crippen LogP contribution in [-0.2, 0) is 6.42 Å². The van der Waals surface area contributed by atoms with Crippen LogP contribution in [-0.4, -0.2) is 30.6 Å². The first-order chi connectivity index (χ1) is 11.1. The van der Waals surface area contributed by atoms with Crippen molar-refractivity contribution in [1.29, 1.82) is 0 Å². The first-order valence-electron chi connectivity index (χ1n) is 7.49. The summed E-state index contributed by atoms with van der Waals surface area (Å²) in [5.74, 6) is -1.54. The van der Waals surface area contributed by atoms with Gasteiger partial charge in [0.15, 0.2) is 0 Å². The fraction of sp³-hybridized carbons (Fsp3) is 0.222. The molecule has 2 aromatic rings. The molecule has 0 spiro atoms. The van der Waals surface area contributed by atoms with Crippen molar-refractivity contribution in [2.75, 3.05) is 18.9 Å². The van der Waals surface area contributed by atoms with Crippen LogP contribution in [0.25, 0.3) is 0 Å². The van der Waals surface area contributed by atoms with Gasteiger partial charge in [-0.1, -0.05) is 24.3 Å². The lowest BCUT2D eigenvalue weighted by Crippen LogP contribution is -2.16. The number of nitrogens with one attached hydrogen (secondary N) is 2. The first kappa shape index (κ1) is 16.7. The Bertz CT molecular complexity index is 681. The molecule has 0 atom stereocenters. The van der Waals surface area contributed by atoms with Gasteiger partial charge >= 0.3 is 5.97 Å². The summed E-state index contributed by atoms with van der Waals surface area (Å²) >= 11 is 0. The molecule has 0 saturated carbocycles. The van der Waals surface area contributed by atoms with E-state index in [1.807, 2.05) is 31.3 Å². The number of carboxylic acid groups (broad SMARTS) is 1. The molecule has 0 saturated heterocycles. The number of carboxylic acids is 1. The molecule has 0 radical (unpaired) electrons. The summed E-state index contributed by atoms with van der Waals surface area (Å²) in [6.45, 7) is 0.963. The van der Waals surface area contributed by atoms with E-state index in [9.17, 15) is 9.59 Å². The smallest absolute Gasteiger partial charge is 0.336 e. The number of benzene rings is 2. The number of aryl methyl sites for hydroxylation is 1. The standard InChI is InChI=1S/C18H20N2O3/c1-19-12-4-5-13-8-10-14(11-9-13)20-17(21)15-6-2-3-7-16(15)18(22)23/h2-3,6-11,19H,4-5,12H2,1H3,(H,20,21)(H,22,23). The van der Waals surface area contributed by atoms with Crippen molar-refractivity contribution in [2.45, 2.75) is 12.8 Å². The van der Waals surface area contributed by atoms with Crippen molar-refractivity contribution >= 4 is 17.6 Å². The van der Waals surface area contributed by atoms with Crippen LogP contribution in [0.15, 0.2) is 48.5 Å². The quantitative estimate of drug-likeness (QED) is 0.687. The molecule has 2 aromatic carbocycles. The lowest BCUT2D eigenvalue weighted by Gasteiger charge is -2.08. The minimum absolute atomic E-state index is 0.00585. The number of hydrogen-bond donors (Lipinski definition) is 3. The van der Waals surface area contributed by atoms with Gasteiger partial charge in [0.05, 0.1) is 11.1 Å². The fourth-order valence-corrected chi connectivity index (χ4v) is 2.29. The average Bonchev–Trinajstić information content (AvgIpc) is 2.56. The summed E-state index contributed by atoms with van der Waals surface area (Å²) < 4.78 is 0. The van der Waals surface area contributed by atoms with E-state index in [2.05, 4.69) is 10.6 Å². The average molecular weight is 312 g/mol. The van der Waals surface area contributed by atoms with Gasteiger partial charge in [-0.05, 0) is 56.3 Å². The number of hydrogen-bond acceptors (Lipinski definition) is 3. The largest absolute Gasteiger partial charge is 0.478 e. The Morgan fingerprint density at radius 2 is 1.65 bits per heavy atom. The van der Waals surface area contributed by atoms with Gasteiger partial charge in [0.25, 0.3) is 5.91 Å². The second-order valence-electron chi connectivity index (χ2n) is 5.21. The molecule has 0 aliphatic rings. The highest BCUT2D eigenvalue weighted by Crippen LogP contribution is 2.15. The van der Waals surface area contributed by atoms with Gasteiger partial charge < -0.3 is 15.7 Å². The van der Waals surface area contributed by atoms with Crippen LogP contribution in [0.4, 0.5) is 5.69 Å². The van der Waals surface area contributed by atoms with Gasteiger partial charge in [-0.3, -0.25) is 4.79 Å². The number of amides is 1. The Morgan fingerprint density at radius 1 is 1.00 bits per heavy atom. The van der Waals surface area contributed by atoms with Gasteiger partial charge in [0.2, 0.25) is 0 Å². The van der Waals surface area contributed by atoms with Crippen molar-refractivity contribution in [2.24, 2.45) is 0 Å². The van der Waals surface area contributed by atoms with Crippen LogP contribution >= 0.6 is 0 Å². The summed E-state index contributed by atoms with van der Waals surface area (Å²) in [7, 11) is 1.92. The highest BCUT2D eigenvalue weighted by atomic mass is 16.4. The molecule has 0 heterocycles. The predicted molar refractivity (Wildman–Crippen MR) is 90.0 cm³/mol. The molecule has 0 fully saturated rings. The van der Waals surface area contributed by atoms with E-state index in [1.165, 1.54) is 17.7 Å². The first-order valence-corrected chi connectivity index (χ1v) is 7.49. The zero-order valence-electron chi connectivity index (χ0n) is 13.0. The molecule has 0 aliphatic carbocycles. The van der Waals surface area contributed by atoms with E-state index in [0.29, 0.717) is 5.69 Å². The Hall–Kier alpha value is -2.66. The molecule has 0 bridgehead atoms. The number of anilines is 1. The van der Waals surface area contributed by atoms with Gasteiger partial charge in [0.1, 0.15) is 0 Å². The molecule has 120 valence electrons. The molecule has 5 nitrogen and oxygen atoms in total. The van der Waals surface area contributed by atoms with Crippen molar-refractivity contribution < 1.29 is 14.7 Å². The van der Waals surface area contributed by atoms with Crippen molar-refractivity contribution in [1.82, 2.24) is 5.32 Å². The molecule has 5 heteroatoms. The maximum Gasteiger partial charge on any atom is 0.336 e. The van der Waals surface area contributed by atoms with Crippen molar-refractivity contribution in [3.05, 3.63) is 65.2 Å². The van der Waals surface area contributed by atoms with Crippen LogP contribution in [0.2, 0.25) is 0 Å². The maximum absolute atomic E-state index is 12.3. The predicted octanol–water partition coefficient (Wildman–Crippen LogP) is 2.79. The highest BCUT2D eigenvalue weighted by molar-refractivity contribution is 6.10. The van der Waals surface area contributed by atoms with Crippen LogP contribution in [0.3, 0.4) is 0 Å². The highest BCUT2D eigenvalue weighted by Gasteiger charge is 2.15. The summed E-state index contributed by atoms with van der Waals surface area (Å²) in [6.07, 6.45) is 2.02. The zero-order valence-corrected chi connectivity index (χ0v) is 13.0. The van der Waals surface area contributed by atoms with Gasteiger partial charge in [-0.15, -0.1) is 0 Å². The van der Waals surface area contributed by atoms with E-state index in [0.717, 1.165) is 19.4 Å². The minimum atomic E-state index is -1.12. The van der Waals surface area contributed by atoms with E-state index in [-0.39, 0.29) is 11.1 Å². The van der Waals surface area contributed by atoms with Gasteiger partial charge in [-0.2, -0.15) is 0 Å². The summed E-state index contributed by atoms with van der Waals surface area (Å²) in [5.41, 5.74) is 1.99. The third-order valence-electron chi connectivity index (χ3n) is 3.51. The Labute approximate surface area is 135 Å². The summed E-state index contributed by atoms with van der Waals surface area (Å²) in [5, 5.41) is 15.0. The third kappa shape index (κ3) is 4.66. The van der Waals surface area contributed by atoms with Gasteiger partial charge in [0, 0.05) is 5.69 Å². The number of carbonyl (C=O) groups is 2. The van der Waals surface area contributed by atoms with Crippen molar-refractivity contribution in [3.8, 4) is 0 Å². The second kappa shape index (κ2) is 8.10. The number of carbonyl (C=O) groups excluding carboxylic acids is 1. The van der Waals surface area contributed by atoms with E-state index in [4.69, 9.17) is 5.11 Å². The fourth-order valence-electron chi connectivity index (χ4n) is 2.29. The Kier molecular flexibility index (Phi) is 5.88. The molecular weight excluding hydrogens is 292 g/mol. The van der Waals surface area contributed by atoms with E-state index < -0.39 is 11.9 Å². The molecule has 2 rings (SSSR count). The Morgan fingerprint density at radius 3 is 2.26 bits per heavy atom. The molecule has 0 unspecified atom stereocenters. The molecule has 0 aromatic heterocycles. The SMILES string of the molecule is CNCCCc1ccc(NC(=O)c2ccccc2C(=O)O)cc1. The van der Waals surface area contributed by atoms with Crippen molar-refractivity contribution in [3.63, 3.8) is 0 Å². The van der Waals surface area contributed by atoms with Gasteiger partial charge in [-0.25, -0.2) is 4.79 Å². The molecule has 0 aliphatic heterocycles. The van der Waals surface area contributed by atoms with E-state index in [1.54, 1.807) is 12.1 Å². The van der Waals surface area contributed by atoms with Crippen LogP contribution in [0.5, 0.6) is 0 Å².